The number of nitrogens with zero attached hydrogens (tertiary/aromatic N) is 2. The van der Waals surface area contributed by atoms with Gasteiger partial charge in [0.15, 0.2) is 0 Å². The van der Waals surface area contributed by atoms with Crippen molar-refractivity contribution in [3.05, 3.63) is 45.9 Å². The van der Waals surface area contributed by atoms with Crippen molar-refractivity contribution in [2.75, 3.05) is 6.54 Å². The minimum absolute atomic E-state index is 0.109. The maximum atomic E-state index is 11.7. The zero-order valence-corrected chi connectivity index (χ0v) is 9.86. The van der Waals surface area contributed by atoms with Crippen LogP contribution in [-0.4, -0.2) is 32.6 Å². The fraction of sp³-hybridized carbons (Fsp3) is 0.273. The second-order valence-corrected chi connectivity index (χ2v) is 3.82. The fourth-order valence-corrected chi connectivity index (χ4v) is 1.49. The van der Waals surface area contributed by atoms with Gasteiger partial charge in [-0.25, -0.2) is 4.98 Å². The van der Waals surface area contributed by atoms with Crippen LogP contribution in [0.2, 0.25) is 0 Å². The van der Waals surface area contributed by atoms with E-state index in [-0.39, 0.29) is 11.1 Å². The number of hydrogen-bond donors (Lipinski definition) is 3. The highest BCUT2D eigenvalue weighted by Gasteiger charge is 2.09. The molecule has 7 nitrogen and oxygen atoms in total. The van der Waals surface area contributed by atoms with Crippen LogP contribution in [-0.2, 0) is 6.42 Å². The lowest BCUT2D eigenvalue weighted by Crippen LogP contribution is -2.31. The number of H-pyrrole nitrogens is 2. The summed E-state index contributed by atoms with van der Waals surface area (Å²) in [5, 5.41) is 9.04. The predicted octanol–water partition coefficient (Wildman–Crippen LogP) is -0.226. The Hall–Kier alpha value is -2.44. The molecule has 7 heteroatoms. The van der Waals surface area contributed by atoms with Crippen molar-refractivity contribution in [1.29, 1.82) is 0 Å². The minimum Gasteiger partial charge on any atom is -0.351 e. The lowest BCUT2D eigenvalue weighted by atomic mass is 10.2. The molecule has 0 radical (unpaired) electrons. The largest absolute Gasteiger partial charge is 0.351 e. The second-order valence-electron chi connectivity index (χ2n) is 3.82. The predicted molar refractivity (Wildman–Crippen MR) is 64.2 cm³/mol. The summed E-state index contributed by atoms with van der Waals surface area (Å²) in [4.78, 5) is 29.8. The van der Waals surface area contributed by atoms with Gasteiger partial charge in [0.05, 0.1) is 0 Å². The Bertz CT molecular complexity index is 588. The third kappa shape index (κ3) is 2.82. The van der Waals surface area contributed by atoms with Crippen molar-refractivity contribution in [2.24, 2.45) is 0 Å². The van der Waals surface area contributed by atoms with Crippen LogP contribution in [0.25, 0.3) is 0 Å². The van der Waals surface area contributed by atoms with Crippen molar-refractivity contribution in [1.82, 2.24) is 25.5 Å². The summed E-state index contributed by atoms with van der Waals surface area (Å²) in [6.45, 7) is 2.15. The number of rotatable bonds is 4. The average molecular weight is 247 g/mol. The molecule has 18 heavy (non-hydrogen) atoms. The van der Waals surface area contributed by atoms with Gasteiger partial charge >= 0.3 is 0 Å². The lowest BCUT2D eigenvalue weighted by molar-refractivity contribution is 0.0952. The van der Waals surface area contributed by atoms with Crippen LogP contribution in [0.3, 0.4) is 0 Å². The van der Waals surface area contributed by atoms with Crippen molar-refractivity contribution in [2.45, 2.75) is 13.3 Å². The quantitative estimate of drug-likeness (QED) is 0.694. The standard InChI is InChI=1S/C11H13N5O2/c1-7-2-3-8(11(18)15-7)10(17)12-5-4-9-13-6-14-16-9/h2-3,6H,4-5H2,1H3,(H,12,17)(H,15,18)(H,13,14,16). The van der Waals surface area contributed by atoms with Crippen LogP contribution in [0.15, 0.2) is 23.3 Å². The van der Waals surface area contributed by atoms with E-state index in [2.05, 4.69) is 25.5 Å². The average Bonchev–Trinajstić information content (AvgIpc) is 2.81. The van der Waals surface area contributed by atoms with E-state index in [9.17, 15) is 9.59 Å². The summed E-state index contributed by atoms with van der Waals surface area (Å²) in [6, 6.07) is 3.20. The first-order valence-corrected chi connectivity index (χ1v) is 5.49. The summed E-state index contributed by atoms with van der Waals surface area (Å²) in [5.74, 6) is 0.295. The molecule has 0 saturated heterocycles. The molecule has 1 amide bonds. The van der Waals surface area contributed by atoms with Gasteiger partial charge in [-0.05, 0) is 19.1 Å². The van der Waals surface area contributed by atoms with Crippen LogP contribution >= 0.6 is 0 Å². The number of nitrogens with one attached hydrogen (secondary N) is 3. The van der Waals surface area contributed by atoms with Gasteiger partial charge in [-0.3, -0.25) is 14.7 Å². The fourth-order valence-electron chi connectivity index (χ4n) is 1.49. The highest BCUT2D eigenvalue weighted by Crippen LogP contribution is 1.94. The summed E-state index contributed by atoms with van der Waals surface area (Å²) >= 11 is 0. The second kappa shape index (κ2) is 5.26. The summed E-state index contributed by atoms with van der Waals surface area (Å²) in [5.41, 5.74) is 0.448. The molecule has 0 aromatic carbocycles. The van der Waals surface area contributed by atoms with Crippen LogP contribution in [0, 0.1) is 6.92 Å². The highest BCUT2D eigenvalue weighted by molar-refractivity contribution is 5.93. The molecule has 0 atom stereocenters. The first-order valence-electron chi connectivity index (χ1n) is 5.49. The number of aryl methyl sites for hydroxylation is 1. The SMILES string of the molecule is Cc1ccc(C(=O)NCCc2ncn[nH]2)c(=O)[nH]1. The molecule has 2 rings (SSSR count). The minimum atomic E-state index is -0.393. The molecule has 0 aliphatic rings. The van der Waals surface area contributed by atoms with E-state index in [1.807, 2.05) is 0 Å². The molecular formula is C11H13N5O2. The van der Waals surface area contributed by atoms with Gasteiger partial charge in [0.1, 0.15) is 17.7 Å². The normalized spacial score (nSPS) is 10.3. The number of aromatic amines is 2. The summed E-state index contributed by atoms with van der Waals surface area (Å²) in [7, 11) is 0. The molecular weight excluding hydrogens is 234 g/mol. The van der Waals surface area contributed by atoms with Gasteiger partial charge in [0, 0.05) is 18.7 Å². The molecule has 0 unspecified atom stereocenters. The summed E-state index contributed by atoms with van der Waals surface area (Å²) < 4.78 is 0. The number of pyridine rings is 1. The van der Waals surface area contributed by atoms with Gasteiger partial charge in [0.2, 0.25) is 0 Å². The van der Waals surface area contributed by atoms with Crippen LogP contribution in [0.1, 0.15) is 21.9 Å². The maximum Gasteiger partial charge on any atom is 0.260 e. The number of amides is 1. The molecule has 0 spiro atoms. The van der Waals surface area contributed by atoms with Gasteiger partial charge in [0.25, 0.3) is 11.5 Å². The first kappa shape index (κ1) is 12.0. The summed E-state index contributed by atoms with van der Waals surface area (Å²) in [6.07, 6.45) is 1.94. The topological polar surface area (TPSA) is 104 Å². The van der Waals surface area contributed by atoms with Crippen molar-refractivity contribution in [3.8, 4) is 0 Å². The molecule has 0 saturated carbocycles. The van der Waals surface area contributed by atoms with E-state index >= 15 is 0 Å². The number of carbonyl (C=O) groups is 1. The van der Waals surface area contributed by atoms with Gasteiger partial charge in [-0.1, -0.05) is 0 Å². The Balaban J connectivity index is 1.93. The Morgan fingerprint density at radius 2 is 2.28 bits per heavy atom. The Kier molecular flexibility index (Phi) is 3.52. The first-order chi connectivity index (χ1) is 8.66. The van der Waals surface area contributed by atoms with E-state index in [1.165, 1.54) is 12.4 Å². The van der Waals surface area contributed by atoms with Crippen LogP contribution in [0.5, 0.6) is 0 Å². The van der Waals surface area contributed by atoms with E-state index in [4.69, 9.17) is 0 Å². The molecule has 3 N–H and O–H groups in total. The third-order valence-electron chi connectivity index (χ3n) is 2.41. The Morgan fingerprint density at radius 3 is 2.94 bits per heavy atom. The van der Waals surface area contributed by atoms with Gasteiger partial charge in [-0.2, -0.15) is 5.10 Å². The van der Waals surface area contributed by atoms with E-state index in [0.717, 1.165) is 5.69 Å². The monoisotopic (exact) mass is 247 g/mol. The Morgan fingerprint density at radius 1 is 1.44 bits per heavy atom. The molecule has 2 aromatic heterocycles. The molecule has 2 heterocycles. The highest BCUT2D eigenvalue weighted by atomic mass is 16.2. The van der Waals surface area contributed by atoms with Crippen molar-refractivity contribution >= 4 is 5.91 Å². The Labute approximate surface area is 103 Å². The van der Waals surface area contributed by atoms with Crippen LogP contribution in [0.4, 0.5) is 0 Å². The van der Waals surface area contributed by atoms with Gasteiger partial charge < -0.3 is 10.3 Å². The number of aromatic nitrogens is 4. The third-order valence-corrected chi connectivity index (χ3v) is 2.41. The maximum absolute atomic E-state index is 11.7. The van der Waals surface area contributed by atoms with E-state index < -0.39 is 5.91 Å². The number of hydrogen-bond acceptors (Lipinski definition) is 4. The zero-order chi connectivity index (χ0) is 13.0. The van der Waals surface area contributed by atoms with Crippen molar-refractivity contribution in [3.63, 3.8) is 0 Å². The smallest absolute Gasteiger partial charge is 0.260 e. The molecule has 94 valence electrons. The van der Waals surface area contributed by atoms with E-state index in [1.54, 1.807) is 13.0 Å². The molecule has 0 aliphatic heterocycles. The molecule has 2 aromatic rings. The molecule has 0 aliphatic carbocycles. The van der Waals surface area contributed by atoms with Gasteiger partial charge in [-0.15, -0.1) is 0 Å². The van der Waals surface area contributed by atoms with Crippen LogP contribution < -0.4 is 10.9 Å². The lowest BCUT2D eigenvalue weighted by Gasteiger charge is -2.03. The van der Waals surface area contributed by atoms with E-state index in [0.29, 0.717) is 18.8 Å². The van der Waals surface area contributed by atoms with Crippen molar-refractivity contribution < 1.29 is 4.79 Å². The zero-order valence-electron chi connectivity index (χ0n) is 9.86. The molecule has 0 fully saturated rings. The number of carbonyl (C=O) groups excluding carboxylic acids is 1. The molecule has 0 bridgehead atoms.